The highest BCUT2D eigenvalue weighted by Gasteiger charge is 2.21. The molecule has 3 amide bonds. The molecule has 1 aliphatic heterocycles. The van der Waals surface area contributed by atoms with E-state index in [1.54, 1.807) is 31.3 Å². The van der Waals surface area contributed by atoms with E-state index in [1.165, 1.54) is 23.8 Å². The fourth-order valence-electron chi connectivity index (χ4n) is 3.85. The maximum absolute atomic E-state index is 14.1. The van der Waals surface area contributed by atoms with E-state index in [0.717, 1.165) is 6.20 Å². The van der Waals surface area contributed by atoms with Gasteiger partial charge in [0.05, 0.1) is 24.0 Å². The molecule has 3 aromatic heterocycles. The van der Waals surface area contributed by atoms with Gasteiger partial charge in [0.15, 0.2) is 5.65 Å². The number of anilines is 2. The van der Waals surface area contributed by atoms with Crippen LogP contribution in [0.4, 0.5) is 20.7 Å². The number of pyridine rings is 1. The Hall–Kier alpha value is -4.45. The molecule has 4 heterocycles. The number of amides is 3. The van der Waals surface area contributed by atoms with Gasteiger partial charge in [-0.05, 0) is 25.1 Å². The molecule has 4 N–H and O–H groups in total. The number of hydrogen-bond acceptors (Lipinski definition) is 7. The molecule has 0 radical (unpaired) electrons. The number of halogens is 2. The fourth-order valence-corrected chi connectivity index (χ4v) is 4.13. The molecule has 0 aliphatic carbocycles. The molecular formula is C24H22ClFN8O3. The molecule has 0 spiro atoms. The van der Waals surface area contributed by atoms with Crippen molar-refractivity contribution in [3.05, 3.63) is 64.8 Å². The lowest BCUT2D eigenvalue weighted by molar-refractivity contribution is 0.0932. The molecule has 5 rings (SSSR count). The van der Waals surface area contributed by atoms with Crippen LogP contribution in [0.2, 0.25) is 5.02 Å². The molecule has 1 atom stereocenters. The van der Waals surface area contributed by atoms with E-state index in [2.05, 4.69) is 36.3 Å². The third-order valence-electron chi connectivity index (χ3n) is 5.68. The first-order chi connectivity index (χ1) is 17.8. The summed E-state index contributed by atoms with van der Waals surface area (Å²) in [6.45, 7) is 2.09. The monoisotopic (exact) mass is 524 g/mol. The number of carbonyl (C=O) groups excluding carboxylic acids is 2. The van der Waals surface area contributed by atoms with Crippen LogP contribution in [0.3, 0.4) is 0 Å². The average Bonchev–Trinajstić information content (AvgIpc) is 3.29. The molecule has 0 unspecified atom stereocenters. The highest BCUT2D eigenvalue weighted by Crippen LogP contribution is 2.35. The minimum atomic E-state index is -0.515. The van der Waals surface area contributed by atoms with Crippen LogP contribution in [0.25, 0.3) is 16.8 Å². The highest BCUT2D eigenvalue weighted by atomic mass is 35.5. The van der Waals surface area contributed by atoms with Crippen LogP contribution in [-0.4, -0.2) is 51.2 Å². The number of hydrogen-bond donors (Lipinski definition) is 4. The molecule has 190 valence electrons. The van der Waals surface area contributed by atoms with Crippen LogP contribution in [0.1, 0.15) is 22.8 Å². The molecule has 13 heteroatoms. The molecular weight excluding hydrogens is 503 g/mol. The summed E-state index contributed by atoms with van der Waals surface area (Å²) in [7, 11) is 1.51. The van der Waals surface area contributed by atoms with Crippen LogP contribution in [-0.2, 0) is 6.54 Å². The zero-order chi connectivity index (χ0) is 26.1. The predicted molar refractivity (Wildman–Crippen MR) is 135 cm³/mol. The summed E-state index contributed by atoms with van der Waals surface area (Å²) in [4.78, 5) is 33.3. The molecule has 0 saturated heterocycles. The maximum atomic E-state index is 14.1. The lowest BCUT2D eigenvalue weighted by Gasteiger charge is -2.17. The molecule has 1 aromatic carbocycles. The van der Waals surface area contributed by atoms with E-state index in [1.807, 2.05) is 0 Å². The number of carbonyl (C=O) groups is 2. The summed E-state index contributed by atoms with van der Waals surface area (Å²) in [6, 6.07) is 5.97. The van der Waals surface area contributed by atoms with E-state index in [0.29, 0.717) is 38.9 Å². The van der Waals surface area contributed by atoms with Crippen LogP contribution in [0.15, 0.2) is 42.9 Å². The molecule has 1 aliphatic rings. The minimum Gasteiger partial charge on any atom is -0.473 e. The number of rotatable bonds is 2. The lowest BCUT2D eigenvalue weighted by atomic mass is 10.1. The summed E-state index contributed by atoms with van der Waals surface area (Å²) in [5.41, 5.74) is 2.72. The molecule has 4 aromatic rings. The first-order valence-corrected chi connectivity index (χ1v) is 11.7. The van der Waals surface area contributed by atoms with Gasteiger partial charge < -0.3 is 26.0 Å². The maximum Gasteiger partial charge on any atom is 0.318 e. The van der Waals surface area contributed by atoms with Crippen molar-refractivity contribution in [2.45, 2.75) is 19.6 Å². The summed E-state index contributed by atoms with van der Waals surface area (Å²) in [6.07, 6.45) is 3.77. The van der Waals surface area contributed by atoms with Gasteiger partial charge in [0, 0.05) is 42.2 Å². The Labute approximate surface area is 215 Å². The zero-order valence-electron chi connectivity index (χ0n) is 19.8. The average molecular weight is 525 g/mol. The van der Waals surface area contributed by atoms with Crippen molar-refractivity contribution in [1.29, 1.82) is 0 Å². The number of benzene rings is 1. The molecule has 11 nitrogen and oxygen atoms in total. The van der Waals surface area contributed by atoms with Crippen molar-refractivity contribution >= 4 is 40.7 Å². The first kappa shape index (κ1) is 24.3. The van der Waals surface area contributed by atoms with Crippen LogP contribution >= 0.6 is 11.6 Å². The van der Waals surface area contributed by atoms with Crippen LogP contribution < -0.4 is 26.0 Å². The van der Waals surface area contributed by atoms with E-state index >= 15 is 0 Å². The Morgan fingerprint density at radius 1 is 1.22 bits per heavy atom. The Morgan fingerprint density at radius 3 is 2.84 bits per heavy atom. The van der Waals surface area contributed by atoms with Crippen molar-refractivity contribution in [2.24, 2.45) is 0 Å². The number of urea groups is 1. The van der Waals surface area contributed by atoms with E-state index in [4.69, 9.17) is 16.3 Å². The SMILES string of the molecule is CNC(=O)Nc1ccc(-c2cn3ncc4c3nc2NCc2cc(F)cnc2O[C@@H](C)CNC4=O)c(Cl)c1. The smallest absolute Gasteiger partial charge is 0.318 e. The topological polar surface area (TPSA) is 135 Å². The van der Waals surface area contributed by atoms with Crippen molar-refractivity contribution in [3.63, 3.8) is 0 Å². The Balaban J connectivity index is 1.62. The summed E-state index contributed by atoms with van der Waals surface area (Å²) in [5.74, 6) is -0.272. The molecule has 37 heavy (non-hydrogen) atoms. The predicted octanol–water partition coefficient (Wildman–Crippen LogP) is 3.46. The van der Waals surface area contributed by atoms with Gasteiger partial charge in [0.1, 0.15) is 23.3 Å². The second-order valence-electron chi connectivity index (χ2n) is 8.34. The molecule has 0 saturated carbocycles. The number of ether oxygens (including phenoxy) is 1. The van der Waals surface area contributed by atoms with E-state index in [-0.39, 0.29) is 36.5 Å². The number of nitrogens with one attached hydrogen (secondary N) is 4. The highest BCUT2D eigenvalue weighted by molar-refractivity contribution is 6.33. The quantitative estimate of drug-likeness (QED) is 0.315. The standard InChI is InChI=1S/C24H22ClFN8O3/c1-12-7-29-22(35)17-10-31-34-11-18(16-4-3-15(6-19(16)25)32-24(36)27-2)20(33-21(17)34)28-8-13-5-14(26)9-30-23(13)37-12/h3-6,9-12H,7-8H2,1-2H3,(H,28,33)(H,29,35)(H2,27,32,36)/t12-/m0/s1. The zero-order valence-corrected chi connectivity index (χ0v) is 20.6. The van der Waals surface area contributed by atoms with Gasteiger partial charge in [-0.1, -0.05) is 17.7 Å². The van der Waals surface area contributed by atoms with Crippen molar-refractivity contribution < 1.29 is 18.7 Å². The molecule has 0 fully saturated rings. The summed E-state index contributed by atoms with van der Waals surface area (Å²) < 4.78 is 21.4. The third-order valence-corrected chi connectivity index (χ3v) is 6.00. The van der Waals surface area contributed by atoms with Gasteiger partial charge in [-0.25, -0.2) is 23.7 Å². The van der Waals surface area contributed by atoms with E-state index in [9.17, 15) is 14.0 Å². The lowest BCUT2D eigenvalue weighted by Crippen LogP contribution is -2.33. The van der Waals surface area contributed by atoms with Crippen LogP contribution in [0.5, 0.6) is 5.88 Å². The first-order valence-electron chi connectivity index (χ1n) is 11.3. The summed E-state index contributed by atoms with van der Waals surface area (Å²) in [5, 5.41) is 15.8. The van der Waals surface area contributed by atoms with E-state index < -0.39 is 11.9 Å². The Bertz CT molecular complexity index is 1530. The fraction of sp³-hybridized carbons (Fsp3) is 0.208. The summed E-state index contributed by atoms with van der Waals surface area (Å²) >= 11 is 6.60. The second kappa shape index (κ2) is 9.90. The van der Waals surface area contributed by atoms with Gasteiger partial charge in [0.25, 0.3) is 5.91 Å². The van der Waals surface area contributed by atoms with Gasteiger partial charge in [0.2, 0.25) is 5.88 Å². The number of aromatic nitrogens is 4. The Kier molecular flexibility index (Phi) is 6.49. The van der Waals surface area contributed by atoms with Gasteiger partial charge >= 0.3 is 6.03 Å². The largest absolute Gasteiger partial charge is 0.473 e. The minimum absolute atomic E-state index is 0.127. The van der Waals surface area contributed by atoms with Gasteiger partial charge in [-0.3, -0.25) is 4.79 Å². The third kappa shape index (κ3) is 4.96. The van der Waals surface area contributed by atoms with Gasteiger partial charge in [-0.2, -0.15) is 5.10 Å². The van der Waals surface area contributed by atoms with Crippen LogP contribution in [0, 0.1) is 5.82 Å². The Morgan fingerprint density at radius 2 is 2.05 bits per heavy atom. The normalized spacial score (nSPS) is 15.4. The van der Waals surface area contributed by atoms with Crippen molar-refractivity contribution in [2.75, 3.05) is 24.2 Å². The van der Waals surface area contributed by atoms with Crippen molar-refractivity contribution in [1.82, 2.24) is 30.2 Å². The number of fused-ring (bicyclic) bond motifs is 2. The molecule has 2 bridgehead atoms. The second-order valence-corrected chi connectivity index (χ2v) is 8.75. The van der Waals surface area contributed by atoms with Gasteiger partial charge in [-0.15, -0.1) is 0 Å². The van der Waals surface area contributed by atoms with Crippen molar-refractivity contribution in [3.8, 4) is 17.0 Å². The number of nitrogens with zero attached hydrogens (tertiary/aromatic N) is 4.